The summed E-state index contributed by atoms with van der Waals surface area (Å²) in [6.45, 7) is 0. The van der Waals surface area contributed by atoms with Crippen molar-refractivity contribution in [1.82, 2.24) is 0 Å². The maximum Gasteiger partial charge on any atom is 0.455 e. The molecule has 0 N–H and O–H groups in total. The lowest BCUT2D eigenvalue weighted by molar-refractivity contribution is -0.389. The molecule has 0 bridgehead atoms. The number of nitrogens with zero attached hydrogens (tertiary/aromatic N) is 2. The minimum Gasteiger partial charge on any atom is -0.284 e. The van der Waals surface area contributed by atoms with E-state index in [1.54, 1.807) is 0 Å². The van der Waals surface area contributed by atoms with Crippen LogP contribution >= 0.6 is 0 Å². The predicted molar refractivity (Wildman–Crippen MR) is 50.1 cm³/mol. The zero-order valence-corrected chi connectivity index (χ0v) is 8.30. The summed E-state index contributed by atoms with van der Waals surface area (Å²) in [7, 11) is 0. The lowest BCUT2D eigenvalue weighted by Crippen LogP contribution is -2.23. The Balaban J connectivity index is 3.46. The topological polar surface area (TPSA) is 103 Å². The maximum atomic E-state index is 12.2. The standard InChI is InChI=1S/C8H3F3N2O5/c9-8(10,11)7(14)5-3-4(12(15)16)1-2-6(5)13(17)18/h1-3H. The Labute approximate surface area is 96.1 Å². The minimum absolute atomic E-state index is 0.230. The monoisotopic (exact) mass is 264 g/mol. The molecule has 1 aromatic rings. The van der Waals surface area contributed by atoms with Crippen LogP contribution in [0.2, 0.25) is 0 Å². The van der Waals surface area contributed by atoms with Crippen LogP contribution in [-0.2, 0) is 0 Å². The predicted octanol–water partition coefficient (Wildman–Crippen LogP) is 2.25. The lowest BCUT2D eigenvalue weighted by Gasteiger charge is -2.05. The quantitative estimate of drug-likeness (QED) is 0.473. The van der Waals surface area contributed by atoms with Gasteiger partial charge in [-0.1, -0.05) is 0 Å². The summed E-state index contributed by atoms with van der Waals surface area (Å²) in [5.74, 6) is -2.50. The van der Waals surface area contributed by atoms with Gasteiger partial charge in [0.2, 0.25) is 0 Å². The van der Waals surface area contributed by atoms with Gasteiger partial charge in [-0.15, -0.1) is 0 Å². The third-order valence-electron chi connectivity index (χ3n) is 1.89. The minimum atomic E-state index is -5.35. The first-order chi connectivity index (χ1) is 8.14. The van der Waals surface area contributed by atoms with E-state index in [-0.39, 0.29) is 6.07 Å². The van der Waals surface area contributed by atoms with Gasteiger partial charge in [0.15, 0.2) is 0 Å². The van der Waals surface area contributed by atoms with E-state index in [1.165, 1.54) is 0 Å². The summed E-state index contributed by atoms with van der Waals surface area (Å²) in [6.07, 6.45) is -5.35. The first-order valence-corrected chi connectivity index (χ1v) is 4.19. The second-order valence-corrected chi connectivity index (χ2v) is 3.04. The Kier molecular flexibility index (Phi) is 3.30. The van der Waals surface area contributed by atoms with Crippen LogP contribution in [0.1, 0.15) is 10.4 Å². The van der Waals surface area contributed by atoms with Crippen molar-refractivity contribution >= 4 is 17.2 Å². The van der Waals surface area contributed by atoms with E-state index in [9.17, 15) is 38.2 Å². The van der Waals surface area contributed by atoms with E-state index in [1.807, 2.05) is 0 Å². The SMILES string of the molecule is O=C(c1cc([N+](=O)[O-])ccc1[N+](=O)[O-])C(F)(F)F. The summed E-state index contributed by atoms with van der Waals surface area (Å²) in [6, 6.07) is 1.36. The number of non-ortho nitro benzene ring substituents is 1. The number of nitro benzene ring substituents is 2. The number of hydrogen-bond donors (Lipinski definition) is 0. The van der Waals surface area contributed by atoms with Gasteiger partial charge in [-0.05, 0) is 0 Å². The van der Waals surface area contributed by atoms with Crippen molar-refractivity contribution in [2.75, 3.05) is 0 Å². The molecule has 0 aliphatic carbocycles. The van der Waals surface area contributed by atoms with Crippen LogP contribution in [0.25, 0.3) is 0 Å². The number of ketones is 1. The molecule has 1 rings (SSSR count). The third kappa shape index (κ3) is 2.59. The molecule has 0 aliphatic heterocycles. The molecule has 7 nitrogen and oxygen atoms in total. The van der Waals surface area contributed by atoms with Gasteiger partial charge in [0, 0.05) is 18.2 Å². The normalized spacial score (nSPS) is 11.1. The molecular weight excluding hydrogens is 261 g/mol. The Morgan fingerprint density at radius 3 is 2.06 bits per heavy atom. The van der Waals surface area contributed by atoms with Crippen molar-refractivity contribution in [2.24, 2.45) is 0 Å². The van der Waals surface area contributed by atoms with Gasteiger partial charge in [-0.2, -0.15) is 13.2 Å². The van der Waals surface area contributed by atoms with E-state index in [4.69, 9.17) is 0 Å². The first-order valence-electron chi connectivity index (χ1n) is 4.19. The second kappa shape index (κ2) is 4.39. The van der Waals surface area contributed by atoms with Gasteiger partial charge in [0.25, 0.3) is 17.2 Å². The van der Waals surface area contributed by atoms with Crippen LogP contribution in [0.4, 0.5) is 24.5 Å². The molecule has 0 saturated heterocycles. The maximum absolute atomic E-state index is 12.2. The number of rotatable bonds is 3. The van der Waals surface area contributed by atoms with Crippen LogP contribution in [0.5, 0.6) is 0 Å². The van der Waals surface area contributed by atoms with Crippen LogP contribution < -0.4 is 0 Å². The van der Waals surface area contributed by atoms with Crippen molar-refractivity contribution in [3.63, 3.8) is 0 Å². The molecular formula is C8H3F3N2O5. The van der Waals surface area contributed by atoms with Crippen molar-refractivity contribution in [2.45, 2.75) is 6.18 Å². The average Bonchev–Trinajstić information content (AvgIpc) is 2.25. The molecule has 0 aromatic heterocycles. The fraction of sp³-hybridized carbons (Fsp3) is 0.125. The van der Waals surface area contributed by atoms with Gasteiger partial charge in [-0.25, -0.2) is 0 Å². The van der Waals surface area contributed by atoms with E-state index in [0.717, 1.165) is 0 Å². The van der Waals surface area contributed by atoms with Gasteiger partial charge in [-0.3, -0.25) is 25.0 Å². The fourth-order valence-electron chi connectivity index (χ4n) is 1.13. The Morgan fingerprint density at radius 2 is 1.67 bits per heavy atom. The number of Topliss-reactive ketones (excluding diaryl/α,β-unsaturated/α-hetero) is 1. The van der Waals surface area contributed by atoms with Crippen molar-refractivity contribution in [3.8, 4) is 0 Å². The van der Waals surface area contributed by atoms with Crippen molar-refractivity contribution in [3.05, 3.63) is 44.0 Å². The Morgan fingerprint density at radius 1 is 1.11 bits per heavy atom. The largest absolute Gasteiger partial charge is 0.455 e. The van der Waals surface area contributed by atoms with Gasteiger partial charge in [0.05, 0.1) is 9.85 Å². The molecule has 0 saturated carbocycles. The van der Waals surface area contributed by atoms with E-state index >= 15 is 0 Å². The summed E-state index contributed by atoms with van der Waals surface area (Å²) < 4.78 is 36.5. The van der Waals surface area contributed by atoms with Gasteiger partial charge < -0.3 is 0 Å². The molecule has 0 atom stereocenters. The van der Waals surface area contributed by atoms with Crippen LogP contribution in [0, 0.1) is 20.2 Å². The average molecular weight is 264 g/mol. The zero-order chi connectivity index (χ0) is 14.1. The summed E-state index contributed by atoms with van der Waals surface area (Å²) in [4.78, 5) is 29.4. The number of benzene rings is 1. The van der Waals surface area contributed by atoms with Gasteiger partial charge >= 0.3 is 6.18 Å². The number of halogens is 3. The third-order valence-corrected chi connectivity index (χ3v) is 1.89. The molecule has 96 valence electrons. The summed E-state index contributed by atoms with van der Waals surface area (Å²) >= 11 is 0. The van der Waals surface area contributed by atoms with Crippen LogP contribution in [-0.4, -0.2) is 21.8 Å². The Bertz CT molecular complexity index is 540. The zero-order valence-electron chi connectivity index (χ0n) is 8.30. The number of carbonyl (C=O) groups excluding carboxylic acids is 1. The Hall–Kier alpha value is -2.52. The van der Waals surface area contributed by atoms with Crippen LogP contribution in [0.15, 0.2) is 18.2 Å². The van der Waals surface area contributed by atoms with Crippen molar-refractivity contribution in [1.29, 1.82) is 0 Å². The van der Waals surface area contributed by atoms with E-state index in [2.05, 4.69) is 0 Å². The highest BCUT2D eigenvalue weighted by atomic mass is 19.4. The van der Waals surface area contributed by atoms with Gasteiger partial charge in [0.1, 0.15) is 5.56 Å². The molecule has 0 spiro atoms. The van der Waals surface area contributed by atoms with Crippen LogP contribution in [0.3, 0.4) is 0 Å². The molecule has 10 heteroatoms. The number of carbonyl (C=O) groups is 1. The number of hydrogen-bond acceptors (Lipinski definition) is 5. The summed E-state index contributed by atoms with van der Waals surface area (Å²) in [5, 5.41) is 20.8. The summed E-state index contributed by atoms with van der Waals surface area (Å²) in [5.41, 5.74) is -3.34. The van der Waals surface area contributed by atoms with E-state index in [0.29, 0.717) is 12.1 Å². The molecule has 1 aromatic carbocycles. The highest BCUT2D eigenvalue weighted by Gasteiger charge is 2.43. The fourth-order valence-corrected chi connectivity index (χ4v) is 1.13. The highest BCUT2D eigenvalue weighted by Crippen LogP contribution is 2.30. The smallest absolute Gasteiger partial charge is 0.284 e. The second-order valence-electron chi connectivity index (χ2n) is 3.04. The molecule has 0 amide bonds. The molecule has 0 radical (unpaired) electrons. The number of alkyl halides is 3. The lowest BCUT2D eigenvalue weighted by atomic mass is 10.1. The molecule has 18 heavy (non-hydrogen) atoms. The molecule has 0 aliphatic rings. The number of nitro groups is 2. The highest BCUT2D eigenvalue weighted by molar-refractivity contribution is 6.04. The van der Waals surface area contributed by atoms with E-state index < -0.39 is 38.7 Å². The first kappa shape index (κ1) is 13.5. The molecule has 0 unspecified atom stereocenters. The molecule has 0 heterocycles. The molecule has 0 fully saturated rings. The van der Waals surface area contributed by atoms with Crippen molar-refractivity contribution < 1.29 is 27.8 Å².